The normalized spacial score (nSPS) is 10.7. The van der Waals surface area contributed by atoms with E-state index in [-0.39, 0.29) is 29.4 Å². The van der Waals surface area contributed by atoms with E-state index in [1.165, 1.54) is 0 Å². The second kappa shape index (κ2) is 5.88. The molecule has 0 radical (unpaired) electrons. The van der Waals surface area contributed by atoms with Crippen LogP contribution in [0.2, 0.25) is 5.15 Å². The molecule has 94 valence electrons. The maximum absolute atomic E-state index is 12.5. The Hall–Kier alpha value is -1.27. The SMILES string of the molecule is CCOC(=O)c1cc(C(F)F)nc(Cl)c1CN. The first-order valence-electron chi connectivity index (χ1n) is 4.85. The molecule has 0 saturated heterocycles. The zero-order valence-electron chi connectivity index (χ0n) is 9.04. The summed E-state index contributed by atoms with van der Waals surface area (Å²) < 4.78 is 29.7. The van der Waals surface area contributed by atoms with Gasteiger partial charge < -0.3 is 10.5 Å². The highest BCUT2D eigenvalue weighted by atomic mass is 35.5. The molecule has 0 aromatic carbocycles. The Morgan fingerprint density at radius 1 is 1.65 bits per heavy atom. The second-order valence-electron chi connectivity index (χ2n) is 3.09. The van der Waals surface area contributed by atoms with Gasteiger partial charge in [0.15, 0.2) is 0 Å². The maximum Gasteiger partial charge on any atom is 0.338 e. The van der Waals surface area contributed by atoms with Gasteiger partial charge in [0.1, 0.15) is 10.8 Å². The fraction of sp³-hybridized carbons (Fsp3) is 0.400. The molecule has 7 heteroatoms. The number of aromatic nitrogens is 1. The van der Waals surface area contributed by atoms with Crippen molar-refractivity contribution in [1.82, 2.24) is 4.98 Å². The number of ether oxygens (including phenoxy) is 1. The first-order chi connectivity index (χ1) is 8.01. The fourth-order valence-electron chi connectivity index (χ4n) is 1.26. The number of pyridine rings is 1. The number of hydrogen-bond acceptors (Lipinski definition) is 4. The van der Waals surface area contributed by atoms with E-state index in [1.54, 1.807) is 6.92 Å². The van der Waals surface area contributed by atoms with E-state index in [0.717, 1.165) is 6.07 Å². The summed E-state index contributed by atoms with van der Waals surface area (Å²) >= 11 is 5.69. The van der Waals surface area contributed by atoms with E-state index in [2.05, 4.69) is 4.98 Å². The predicted molar refractivity (Wildman–Crippen MR) is 58.1 cm³/mol. The average molecular weight is 265 g/mol. The highest BCUT2D eigenvalue weighted by Gasteiger charge is 2.20. The first-order valence-corrected chi connectivity index (χ1v) is 5.23. The number of hydrogen-bond donors (Lipinski definition) is 1. The topological polar surface area (TPSA) is 65.2 Å². The molecule has 17 heavy (non-hydrogen) atoms. The number of carbonyl (C=O) groups excluding carboxylic acids is 1. The monoisotopic (exact) mass is 264 g/mol. The quantitative estimate of drug-likeness (QED) is 0.669. The molecule has 0 aliphatic carbocycles. The summed E-state index contributed by atoms with van der Waals surface area (Å²) in [6.07, 6.45) is -2.81. The van der Waals surface area contributed by atoms with Gasteiger partial charge in [-0.25, -0.2) is 18.6 Å². The van der Waals surface area contributed by atoms with Gasteiger partial charge in [0, 0.05) is 12.1 Å². The molecule has 1 aromatic heterocycles. The van der Waals surface area contributed by atoms with E-state index < -0.39 is 18.1 Å². The molecular weight excluding hydrogens is 254 g/mol. The van der Waals surface area contributed by atoms with E-state index >= 15 is 0 Å². The molecule has 4 nitrogen and oxygen atoms in total. The minimum absolute atomic E-state index is 0.0651. The van der Waals surface area contributed by atoms with Crippen molar-refractivity contribution in [3.8, 4) is 0 Å². The fourth-order valence-corrected chi connectivity index (χ4v) is 1.53. The van der Waals surface area contributed by atoms with Gasteiger partial charge in [0.2, 0.25) is 0 Å². The zero-order valence-corrected chi connectivity index (χ0v) is 9.80. The van der Waals surface area contributed by atoms with Crippen LogP contribution in [0.1, 0.15) is 35.0 Å². The van der Waals surface area contributed by atoms with Gasteiger partial charge in [0.05, 0.1) is 12.2 Å². The highest BCUT2D eigenvalue weighted by molar-refractivity contribution is 6.30. The van der Waals surface area contributed by atoms with Crippen molar-refractivity contribution < 1.29 is 18.3 Å². The van der Waals surface area contributed by atoms with Crippen LogP contribution in [0.15, 0.2) is 6.07 Å². The van der Waals surface area contributed by atoms with E-state index in [4.69, 9.17) is 22.1 Å². The highest BCUT2D eigenvalue weighted by Crippen LogP contribution is 2.25. The van der Waals surface area contributed by atoms with Crippen LogP contribution in [0.5, 0.6) is 0 Å². The van der Waals surface area contributed by atoms with Gasteiger partial charge in [-0.3, -0.25) is 0 Å². The number of rotatable bonds is 4. The van der Waals surface area contributed by atoms with Crippen molar-refractivity contribution >= 4 is 17.6 Å². The van der Waals surface area contributed by atoms with Gasteiger partial charge in [-0.05, 0) is 13.0 Å². The number of nitrogens with two attached hydrogens (primary N) is 1. The molecule has 1 rings (SSSR count). The molecule has 0 aliphatic rings. The molecule has 0 saturated carbocycles. The lowest BCUT2D eigenvalue weighted by atomic mass is 10.1. The van der Waals surface area contributed by atoms with Crippen molar-refractivity contribution in [1.29, 1.82) is 0 Å². The van der Waals surface area contributed by atoms with E-state index in [1.807, 2.05) is 0 Å². The Morgan fingerprint density at radius 2 is 2.29 bits per heavy atom. The van der Waals surface area contributed by atoms with Gasteiger partial charge >= 0.3 is 5.97 Å². The van der Waals surface area contributed by atoms with Crippen molar-refractivity contribution in [3.05, 3.63) is 28.0 Å². The molecule has 0 spiro atoms. The standard InChI is InChI=1S/C10H11ClF2N2O2/c1-2-17-10(16)5-3-7(9(12)13)15-8(11)6(5)4-14/h3,9H,2,4,14H2,1H3. The van der Waals surface area contributed by atoms with Crippen LogP contribution in [-0.4, -0.2) is 17.6 Å². The Bertz CT molecular complexity index is 427. The van der Waals surface area contributed by atoms with Crippen LogP contribution in [0.25, 0.3) is 0 Å². The lowest BCUT2D eigenvalue weighted by molar-refractivity contribution is 0.0524. The number of alkyl halides is 2. The number of esters is 1. The first kappa shape index (κ1) is 13.8. The molecule has 0 aliphatic heterocycles. The Kier molecular flexibility index (Phi) is 4.77. The molecule has 1 aromatic rings. The van der Waals surface area contributed by atoms with Gasteiger partial charge in [0.25, 0.3) is 6.43 Å². The van der Waals surface area contributed by atoms with Crippen LogP contribution < -0.4 is 5.73 Å². The van der Waals surface area contributed by atoms with Crippen LogP contribution >= 0.6 is 11.6 Å². The van der Waals surface area contributed by atoms with E-state index in [0.29, 0.717) is 0 Å². The lowest BCUT2D eigenvalue weighted by Crippen LogP contribution is -2.13. The largest absolute Gasteiger partial charge is 0.462 e. The molecule has 2 N–H and O–H groups in total. The summed E-state index contributed by atoms with van der Waals surface area (Å²) in [6.45, 7) is 1.66. The summed E-state index contributed by atoms with van der Waals surface area (Å²) in [5.41, 5.74) is 4.96. The number of carbonyl (C=O) groups is 1. The summed E-state index contributed by atoms with van der Waals surface area (Å²) in [5, 5.41) is -0.201. The third-order valence-electron chi connectivity index (χ3n) is 2.02. The minimum Gasteiger partial charge on any atom is -0.462 e. The third-order valence-corrected chi connectivity index (χ3v) is 2.33. The third kappa shape index (κ3) is 3.10. The summed E-state index contributed by atoms with van der Waals surface area (Å²) in [4.78, 5) is 15.0. The van der Waals surface area contributed by atoms with Crippen LogP contribution in [0, 0.1) is 0 Å². The predicted octanol–water partition coefficient (Wildman–Crippen LogP) is 2.31. The van der Waals surface area contributed by atoms with Crippen molar-refractivity contribution in [3.63, 3.8) is 0 Å². The minimum atomic E-state index is -2.81. The summed E-state index contributed by atoms with van der Waals surface area (Å²) in [7, 11) is 0. The second-order valence-corrected chi connectivity index (χ2v) is 3.45. The van der Waals surface area contributed by atoms with Crippen LogP contribution in [0.4, 0.5) is 8.78 Å². The molecule has 0 bridgehead atoms. The molecule has 0 atom stereocenters. The molecular formula is C10H11ClF2N2O2. The van der Waals surface area contributed by atoms with Crippen molar-refractivity contribution in [2.45, 2.75) is 19.9 Å². The summed E-state index contributed by atoms with van der Waals surface area (Å²) in [6, 6.07) is 0.955. The van der Waals surface area contributed by atoms with Gasteiger partial charge in [-0.15, -0.1) is 0 Å². The molecule has 0 unspecified atom stereocenters. The summed E-state index contributed by atoms with van der Waals surface area (Å²) in [5.74, 6) is -0.737. The van der Waals surface area contributed by atoms with Crippen LogP contribution in [-0.2, 0) is 11.3 Å². The molecule has 0 amide bonds. The lowest BCUT2D eigenvalue weighted by Gasteiger charge is -2.10. The number of halogens is 3. The maximum atomic E-state index is 12.5. The number of nitrogens with zero attached hydrogens (tertiary/aromatic N) is 1. The van der Waals surface area contributed by atoms with Crippen LogP contribution in [0.3, 0.4) is 0 Å². The van der Waals surface area contributed by atoms with Crippen molar-refractivity contribution in [2.75, 3.05) is 6.61 Å². The average Bonchev–Trinajstić information content (AvgIpc) is 2.28. The smallest absolute Gasteiger partial charge is 0.338 e. The van der Waals surface area contributed by atoms with Crippen molar-refractivity contribution in [2.24, 2.45) is 5.73 Å². The Labute approximate surface area is 102 Å². The Morgan fingerprint density at radius 3 is 2.76 bits per heavy atom. The Balaban J connectivity index is 3.28. The van der Waals surface area contributed by atoms with E-state index in [9.17, 15) is 13.6 Å². The molecule has 1 heterocycles. The van der Waals surface area contributed by atoms with Gasteiger partial charge in [-0.1, -0.05) is 11.6 Å². The van der Waals surface area contributed by atoms with Gasteiger partial charge in [-0.2, -0.15) is 0 Å². The zero-order chi connectivity index (χ0) is 13.0. The molecule has 0 fully saturated rings.